The van der Waals surface area contributed by atoms with Crippen molar-refractivity contribution in [2.75, 3.05) is 0 Å². The van der Waals surface area contributed by atoms with E-state index in [0.29, 0.717) is 5.75 Å². The second kappa shape index (κ2) is 12.2. The van der Waals surface area contributed by atoms with Crippen molar-refractivity contribution in [3.05, 3.63) is 71.6 Å². The third-order valence-electron chi connectivity index (χ3n) is 4.31. The number of unbranched alkanes of at least 4 members (excludes halogenated alkanes) is 5. The van der Waals surface area contributed by atoms with Crippen LogP contribution in [-0.4, -0.2) is 11.9 Å². The fourth-order valence-corrected chi connectivity index (χ4v) is 2.67. The molecule has 0 aromatic heterocycles. The van der Waals surface area contributed by atoms with Gasteiger partial charge in [-0.2, -0.15) is 5.26 Å². The number of carbonyl (C=O) groups is 2. The molecule has 2 rings (SSSR count). The van der Waals surface area contributed by atoms with Crippen molar-refractivity contribution in [1.29, 1.82) is 5.26 Å². The van der Waals surface area contributed by atoms with Crippen LogP contribution in [0.15, 0.2) is 54.6 Å². The van der Waals surface area contributed by atoms with Gasteiger partial charge in [0.1, 0.15) is 23.4 Å². The maximum Gasteiger partial charge on any atom is 0.343 e. The van der Waals surface area contributed by atoms with Gasteiger partial charge >= 0.3 is 11.9 Å². The van der Waals surface area contributed by atoms with Crippen LogP contribution in [0.5, 0.6) is 11.5 Å². The van der Waals surface area contributed by atoms with Gasteiger partial charge < -0.3 is 9.47 Å². The van der Waals surface area contributed by atoms with Gasteiger partial charge in [-0.25, -0.2) is 14.0 Å². The highest BCUT2D eigenvalue weighted by atomic mass is 19.1. The first-order valence-electron chi connectivity index (χ1n) is 9.93. The molecule has 0 heterocycles. The summed E-state index contributed by atoms with van der Waals surface area (Å²) in [5, 5.41) is 8.72. The Labute approximate surface area is 175 Å². The standard InChI is InChI=1S/C24H24FNO4/c1-2-3-4-5-6-7-8-9-23(27)29-20-13-10-18(11-14-20)24(28)30-21-15-12-19(17-26)22(25)16-21/h8-16H,2-7H2,1H3/b9-8+. The second-order valence-corrected chi connectivity index (χ2v) is 6.69. The predicted octanol–water partition coefficient (Wildman–Crippen LogP) is 5.74. The minimum atomic E-state index is -0.765. The highest BCUT2D eigenvalue weighted by Crippen LogP contribution is 2.19. The summed E-state index contributed by atoms with van der Waals surface area (Å²) in [7, 11) is 0. The van der Waals surface area contributed by atoms with Crippen molar-refractivity contribution in [3.63, 3.8) is 0 Å². The number of ether oxygens (including phenoxy) is 2. The number of nitrogens with zero attached hydrogens (tertiary/aromatic N) is 1. The predicted molar refractivity (Wildman–Crippen MR) is 111 cm³/mol. The molecule has 0 aliphatic heterocycles. The van der Waals surface area contributed by atoms with Gasteiger partial charge in [0.05, 0.1) is 11.1 Å². The Morgan fingerprint density at radius 3 is 2.37 bits per heavy atom. The molecule has 30 heavy (non-hydrogen) atoms. The quantitative estimate of drug-likeness (QED) is 0.216. The Hall–Kier alpha value is -3.46. The van der Waals surface area contributed by atoms with Crippen molar-refractivity contribution in [2.24, 2.45) is 0 Å². The smallest absolute Gasteiger partial charge is 0.343 e. The molecule has 0 spiro atoms. The second-order valence-electron chi connectivity index (χ2n) is 6.69. The van der Waals surface area contributed by atoms with Gasteiger partial charge in [-0.3, -0.25) is 0 Å². The molecule has 0 radical (unpaired) electrons. The zero-order valence-electron chi connectivity index (χ0n) is 16.9. The Morgan fingerprint density at radius 2 is 1.70 bits per heavy atom. The minimum Gasteiger partial charge on any atom is -0.423 e. The highest BCUT2D eigenvalue weighted by molar-refractivity contribution is 5.91. The van der Waals surface area contributed by atoms with E-state index in [1.807, 2.05) is 0 Å². The molecule has 0 fully saturated rings. The number of benzene rings is 2. The monoisotopic (exact) mass is 409 g/mol. The Kier molecular flexibility index (Phi) is 9.26. The minimum absolute atomic E-state index is 0.00756. The molecule has 0 bridgehead atoms. The topological polar surface area (TPSA) is 76.4 Å². The van der Waals surface area contributed by atoms with Crippen LogP contribution in [0.3, 0.4) is 0 Å². The zero-order chi connectivity index (χ0) is 21.8. The molecule has 0 aliphatic rings. The highest BCUT2D eigenvalue weighted by Gasteiger charge is 2.11. The van der Waals surface area contributed by atoms with E-state index < -0.39 is 17.8 Å². The molecule has 2 aromatic carbocycles. The van der Waals surface area contributed by atoms with Crippen LogP contribution in [0.2, 0.25) is 0 Å². The average Bonchev–Trinajstić information content (AvgIpc) is 2.73. The van der Waals surface area contributed by atoms with E-state index >= 15 is 0 Å². The number of halogens is 1. The summed E-state index contributed by atoms with van der Waals surface area (Å²) in [4.78, 5) is 24.0. The van der Waals surface area contributed by atoms with E-state index in [-0.39, 0.29) is 16.9 Å². The third-order valence-corrected chi connectivity index (χ3v) is 4.31. The van der Waals surface area contributed by atoms with Crippen molar-refractivity contribution < 1.29 is 23.5 Å². The summed E-state index contributed by atoms with van der Waals surface area (Å²) >= 11 is 0. The van der Waals surface area contributed by atoms with Gasteiger partial charge in [-0.15, -0.1) is 0 Å². The summed E-state index contributed by atoms with van der Waals surface area (Å²) < 4.78 is 23.9. The van der Waals surface area contributed by atoms with E-state index in [2.05, 4.69) is 6.92 Å². The molecule has 0 unspecified atom stereocenters. The van der Waals surface area contributed by atoms with Crippen LogP contribution in [0, 0.1) is 17.1 Å². The number of nitriles is 1. The van der Waals surface area contributed by atoms with E-state index in [1.54, 1.807) is 12.1 Å². The molecule has 5 nitrogen and oxygen atoms in total. The van der Waals surface area contributed by atoms with Gasteiger partial charge in [0.25, 0.3) is 0 Å². The first kappa shape index (κ1) is 22.8. The Balaban J connectivity index is 1.82. The van der Waals surface area contributed by atoms with Gasteiger partial charge in [-0.05, 0) is 49.2 Å². The molecular weight excluding hydrogens is 385 g/mol. The summed E-state index contributed by atoms with van der Waals surface area (Å²) in [6.07, 6.45) is 9.89. The van der Waals surface area contributed by atoms with E-state index in [9.17, 15) is 14.0 Å². The molecule has 0 saturated heterocycles. The molecule has 2 aromatic rings. The lowest BCUT2D eigenvalue weighted by Gasteiger charge is -2.06. The zero-order valence-corrected chi connectivity index (χ0v) is 16.9. The number of hydrogen-bond donors (Lipinski definition) is 0. The van der Waals surface area contributed by atoms with Gasteiger partial charge in [0.15, 0.2) is 0 Å². The summed E-state index contributed by atoms with van der Waals surface area (Å²) in [5.74, 6) is -1.65. The lowest BCUT2D eigenvalue weighted by atomic mass is 10.1. The number of hydrogen-bond acceptors (Lipinski definition) is 5. The lowest BCUT2D eigenvalue weighted by molar-refractivity contribution is -0.129. The molecule has 0 aliphatic carbocycles. The first-order chi connectivity index (χ1) is 14.5. The normalized spacial score (nSPS) is 10.6. The lowest BCUT2D eigenvalue weighted by Crippen LogP contribution is -2.09. The van der Waals surface area contributed by atoms with Crippen molar-refractivity contribution >= 4 is 11.9 Å². The largest absolute Gasteiger partial charge is 0.423 e. The molecule has 0 saturated carbocycles. The van der Waals surface area contributed by atoms with Gasteiger partial charge in [0, 0.05) is 12.1 Å². The van der Waals surface area contributed by atoms with Gasteiger partial charge in [-0.1, -0.05) is 38.7 Å². The Morgan fingerprint density at radius 1 is 1.00 bits per heavy atom. The van der Waals surface area contributed by atoms with Crippen molar-refractivity contribution in [1.82, 2.24) is 0 Å². The maximum atomic E-state index is 13.6. The third kappa shape index (κ3) is 7.51. The summed E-state index contributed by atoms with van der Waals surface area (Å²) in [6, 6.07) is 11.1. The van der Waals surface area contributed by atoms with Crippen molar-refractivity contribution in [3.8, 4) is 17.6 Å². The maximum absolute atomic E-state index is 13.6. The van der Waals surface area contributed by atoms with Crippen molar-refractivity contribution in [2.45, 2.75) is 45.4 Å². The van der Waals surface area contributed by atoms with Crippen LogP contribution in [0.4, 0.5) is 4.39 Å². The molecular formula is C24H24FNO4. The number of esters is 2. The van der Waals surface area contributed by atoms with E-state index in [1.165, 1.54) is 61.7 Å². The SMILES string of the molecule is CCCCCCC/C=C/C(=O)Oc1ccc(C(=O)Oc2ccc(C#N)c(F)c2)cc1. The summed E-state index contributed by atoms with van der Waals surface area (Å²) in [5.41, 5.74) is 0.0775. The van der Waals surface area contributed by atoms with Crippen LogP contribution in [-0.2, 0) is 4.79 Å². The molecule has 0 atom stereocenters. The van der Waals surface area contributed by atoms with Crippen LogP contribution in [0.25, 0.3) is 0 Å². The Bertz CT molecular complexity index is 929. The van der Waals surface area contributed by atoms with E-state index in [0.717, 1.165) is 25.3 Å². The number of rotatable bonds is 10. The first-order valence-corrected chi connectivity index (χ1v) is 9.93. The fraction of sp³-hybridized carbons (Fsp3) is 0.292. The van der Waals surface area contributed by atoms with Crippen LogP contribution in [0.1, 0.15) is 61.4 Å². The molecule has 0 amide bonds. The molecule has 156 valence electrons. The van der Waals surface area contributed by atoms with Crippen LogP contribution < -0.4 is 9.47 Å². The van der Waals surface area contributed by atoms with E-state index in [4.69, 9.17) is 14.7 Å². The summed E-state index contributed by atoms with van der Waals surface area (Å²) in [6.45, 7) is 2.17. The molecule has 0 N–H and O–H groups in total. The average molecular weight is 409 g/mol. The number of allylic oxidation sites excluding steroid dienone is 1. The van der Waals surface area contributed by atoms with Gasteiger partial charge in [0.2, 0.25) is 0 Å². The number of carbonyl (C=O) groups excluding carboxylic acids is 2. The van der Waals surface area contributed by atoms with Crippen LogP contribution >= 0.6 is 0 Å². The molecule has 6 heteroatoms. The fourth-order valence-electron chi connectivity index (χ4n) is 2.67.